The van der Waals surface area contributed by atoms with E-state index in [1.54, 1.807) is 6.20 Å². The summed E-state index contributed by atoms with van der Waals surface area (Å²) in [6, 6.07) is 3.79. The van der Waals surface area contributed by atoms with Crippen LogP contribution in [-0.2, 0) is 11.3 Å². The highest BCUT2D eigenvalue weighted by atomic mass is 79.9. The van der Waals surface area contributed by atoms with Gasteiger partial charge in [-0.1, -0.05) is 0 Å². The molecule has 5 heteroatoms. The second-order valence-corrected chi connectivity index (χ2v) is 4.04. The zero-order chi connectivity index (χ0) is 10.8. The van der Waals surface area contributed by atoms with Gasteiger partial charge in [-0.15, -0.1) is 0 Å². The summed E-state index contributed by atoms with van der Waals surface area (Å²) in [5, 5.41) is 9.60. The first kappa shape index (κ1) is 10.2. The van der Waals surface area contributed by atoms with Crippen molar-refractivity contribution in [2.75, 3.05) is 0 Å². The van der Waals surface area contributed by atoms with E-state index in [9.17, 15) is 4.79 Å². The van der Waals surface area contributed by atoms with Crippen LogP contribution in [0.4, 0.5) is 0 Å². The van der Waals surface area contributed by atoms with E-state index in [4.69, 9.17) is 5.11 Å². The summed E-state index contributed by atoms with van der Waals surface area (Å²) in [6.45, 7) is 0.447. The molecule has 2 aromatic heterocycles. The lowest BCUT2D eigenvalue weighted by molar-refractivity contribution is -0.137. The van der Waals surface area contributed by atoms with E-state index in [0.717, 1.165) is 15.5 Å². The van der Waals surface area contributed by atoms with Crippen molar-refractivity contribution in [1.29, 1.82) is 0 Å². The van der Waals surface area contributed by atoms with Gasteiger partial charge in [-0.3, -0.25) is 4.79 Å². The van der Waals surface area contributed by atoms with E-state index in [0.29, 0.717) is 6.54 Å². The van der Waals surface area contributed by atoms with Gasteiger partial charge in [0.25, 0.3) is 0 Å². The Morgan fingerprint density at radius 3 is 3.07 bits per heavy atom. The number of rotatable bonds is 3. The van der Waals surface area contributed by atoms with Crippen molar-refractivity contribution in [1.82, 2.24) is 9.55 Å². The average molecular weight is 269 g/mol. The number of hydrogen-bond donors (Lipinski definition) is 1. The number of halogens is 1. The molecule has 0 aromatic carbocycles. The van der Waals surface area contributed by atoms with Crippen molar-refractivity contribution in [3.8, 4) is 0 Å². The predicted molar refractivity (Wildman–Crippen MR) is 59.7 cm³/mol. The van der Waals surface area contributed by atoms with Crippen molar-refractivity contribution < 1.29 is 9.90 Å². The van der Waals surface area contributed by atoms with Gasteiger partial charge in [0.1, 0.15) is 5.65 Å². The molecule has 0 saturated carbocycles. The number of pyridine rings is 1. The van der Waals surface area contributed by atoms with Crippen LogP contribution >= 0.6 is 15.9 Å². The molecule has 0 aliphatic rings. The summed E-state index contributed by atoms with van der Waals surface area (Å²) in [5.41, 5.74) is 0.811. The fraction of sp³-hybridized carbons (Fsp3) is 0.200. The Morgan fingerprint density at radius 2 is 2.33 bits per heavy atom. The lowest BCUT2D eigenvalue weighted by atomic mass is 10.3. The van der Waals surface area contributed by atoms with Gasteiger partial charge >= 0.3 is 5.97 Å². The van der Waals surface area contributed by atoms with Gasteiger partial charge in [-0.2, -0.15) is 0 Å². The standard InChI is InChI=1S/C10H9BrN2O2/c11-8-1-4-12-10-7(8)2-5-13(10)6-3-9(14)15/h1-2,4-5H,3,6H2,(H,14,15). The smallest absolute Gasteiger partial charge is 0.305 e. The molecule has 78 valence electrons. The third-order valence-corrected chi connectivity index (χ3v) is 2.87. The van der Waals surface area contributed by atoms with E-state index in [1.807, 2.05) is 22.9 Å². The van der Waals surface area contributed by atoms with Crippen LogP contribution in [0.25, 0.3) is 11.0 Å². The van der Waals surface area contributed by atoms with E-state index in [1.165, 1.54) is 0 Å². The van der Waals surface area contributed by atoms with E-state index in [-0.39, 0.29) is 6.42 Å². The highest BCUT2D eigenvalue weighted by molar-refractivity contribution is 9.10. The number of carboxylic acid groups (broad SMARTS) is 1. The molecule has 0 aliphatic carbocycles. The quantitative estimate of drug-likeness (QED) is 0.929. The monoisotopic (exact) mass is 268 g/mol. The molecule has 0 amide bonds. The van der Waals surface area contributed by atoms with Crippen molar-refractivity contribution in [2.24, 2.45) is 0 Å². The van der Waals surface area contributed by atoms with Gasteiger partial charge in [-0.25, -0.2) is 4.98 Å². The normalized spacial score (nSPS) is 10.7. The van der Waals surface area contributed by atoms with Crippen LogP contribution in [0.3, 0.4) is 0 Å². The maximum atomic E-state index is 10.5. The first-order valence-electron chi connectivity index (χ1n) is 4.49. The summed E-state index contributed by atoms with van der Waals surface area (Å²) in [4.78, 5) is 14.7. The second-order valence-electron chi connectivity index (χ2n) is 3.18. The Bertz CT molecular complexity index is 507. The zero-order valence-corrected chi connectivity index (χ0v) is 9.44. The number of fused-ring (bicyclic) bond motifs is 1. The third-order valence-electron chi connectivity index (χ3n) is 2.18. The fourth-order valence-corrected chi connectivity index (χ4v) is 1.88. The maximum absolute atomic E-state index is 10.5. The summed E-state index contributed by atoms with van der Waals surface area (Å²) in [6.07, 6.45) is 3.66. The van der Waals surface area contributed by atoms with Gasteiger partial charge in [0.05, 0.1) is 6.42 Å². The molecule has 0 bridgehead atoms. The molecule has 2 rings (SSSR count). The van der Waals surface area contributed by atoms with Crippen LogP contribution in [-0.4, -0.2) is 20.6 Å². The van der Waals surface area contributed by atoms with Crippen molar-refractivity contribution >= 4 is 32.9 Å². The van der Waals surface area contributed by atoms with Gasteiger partial charge in [-0.05, 0) is 28.1 Å². The molecule has 2 heterocycles. The Hall–Kier alpha value is -1.36. The predicted octanol–water partition coefficient (Wildman–Crippen LogP) is 2.27. The van der Waals surface area contributed by atoms with E-state index >= 15 is 0 Å². The van der Waals surface area contributed by atoms with E-state index in [2.05, 4.69) is 20.9 Å². The second kappa shape index (κ2) is 4.02. The highest BCUT2D eigenvalue weighted by Gasteiger charge is 2.06. The topological polar surface area (TPSA) is 55.1 Å². The van der Waals surface area contributed by atoms with Crippen LogP contribution in [0.1, 0.15) is 6.42 Å². The minimum Gasteiger partial charge on any atom is -0.481 e. The number of hydrogen-bond acceptors (Lipinski definition) is 2. The average Bonchev–Trinajstić information content (AvgIpc) is 2.59. The lowest BCUT2D eigenvalue weighted by Crippen LogP contribution is -2.03. The number of aliphatic carboxylic acids is 1. The van der Waals surface area contributed by atoms with Crippen LogP contribution in [0, 0.1) is 0 Å². The molecule has 0 spiro atoms. The molecule has 0 atom stereocenters. The SMILES string of the molecule is O=C(O)CCn1ccc2c(Br)ccnc21. The molecule has 2 aromatic rings. The van der Waals surface area contributed by atoms with Crippen molar-refractivity contribution in [3.05, 3.63) is 29.0 Å². The number of carboxylic acids is 1. The molecule has 0 fully saturated rings. The number of aromatic nitrogens is 2. The van der Waals surface area contributed by atoms with Crippen LogP contribution in [0.5, 0.6) is 0 Å². The molecular weight excluding hydrogens is 260 g/mol. The number of aryl methyl sites for hydroxylation is 1. The molecule has 15 heavy (non-hydrogen) atoms. The number of nitrogens with zero attached hydrogens (tertiary/aromatic N) is 2. The molecule has 0 radical (unpaired) electrons. The minimum absolute atomic E-state index is 0.109. The Morgan fingerprint density at radius 1 is 1.53 bits per heavy atom. The summed E-state index contributed by atoms with van der Waals surface area (Å²) >= 11 is 3.42. The molecule has 1 N–H and O–H groups in total. The third kappa shape index (κ3) is 2.02. The summed E-state index contributed by atoms with van der Waals surface area (Å²) in [5.74, 6) is -0.799. The molecule has 0 aliphatic heterocycles. The summed E-state index contributed by atoms with van der Waals surface area (Å²) in [7, 11) is 0. The maximum Gasteiger partial charge on any atom is 0.305 e. The van der Waals surface area contributed by atoms with Gasteiger partial charge in [0, 0.05) is 28.8 Å². The fourth-order valence-electron chi connectivity index (χ4n) is 1.45. The molecule has 4 nitrogen and oxygen atoms in total. The molecule has 0 saturated heterocycles. The van der Waals surface area contributed by atoms with E-state index < -0.39 is 5.97 Å². The largest absolute Gasteiger partial charge is 0.481 e. The van der Waals surface area contributed by atoms with Crippen molar-refractivity contribution in [2.45, 2.75) is 13.0 Å². The Labute approximate surface area is 94.7 Å². The first-order valence-corrected chi connectivity index (χ1v) is 5.29. The minimum atomic E-state index is -0.799. The van der Waals surface area contributed by atoms with Gasteiger partial charge in [0.2, 0.25) is 0 Å². The Kier molecular flexibility index (Phi) is 2.73. The first-order chi connectivity index (χ1) is 7.18. The number of carbonyl (C=O) groups is 1. The summed E-state index contributed by atoms with van der Waals surface area (Å²) < 4.78 is 2.82. The van der Waals surface area contributed by atoms with Crippen LogP contribution < -0.4 is 0 Å². The van der Waals surface area contributed by atoms with Gasteiger partial charge < -0.3 is 9.67 Å². The van der Waals surface area contributed by atoms with Crippen molar-refractivity contribution in [3.63, 3.8) is 0 Å². The molecular formula is C10H9BrN2O2. The molecule has 0 unspecified atom stereocenters. The highest BCUT2D eigenvalue weighted by Crippen LogP contribution is 2.22. The van der Waals surface area contributed by atoms with Gasteiger partial charge in [0.15, 0.2) is 0 Å². The van der Waals surface area contributed by atoms with Crippen LogP contribution in [0.2, 0.25) is 0 Å². The lowest BCUT2D eigenvalue weighted by Gasteiger charge is -2.01. The zero-order valence-electron chi connectivity index (χ0n) is 7.85. The Balaban J connectivity index is 2.37. The van der Waals surface area contributed by atoms with Crippen LogP contribution in [0.15, 0.2) is 29.0 Å².